The third kappa shape index (κ3) is 4.69. The van der Waals surface area contributed by atoms with Gasteiger partial charge in [-0.3, -0.25) is 0 Å². The summed E-state index contributed by atoms with van der Waals surface area (Å²) in [5.41, 5.74) is -1.02. The second kappa shape index (κ2) is 7.74. The molecule has 0 fully saturated rings. The van der Waals surface area contributed by atoms with Crippen molar-refractivity contribution < 1.29 is 127 Å². The molecule has 13 heavy (non-hydrogen) atoms. The number of rotatable bonds is 2. The van der Waals surface area contributed by atoms with Crippen LogP contribution in [0.3, 0.4) is 0 Å². The van der Waals surface area contributed by atoms with Crippen LogP contribution in [0.2, 0.25) is 0 Å². The molecule has 0 N–H and O–H groups in total. The maximum atomic E-state index is 10.1. The van der Waals surface area contributed by atoms with Crippen LogP contribution in [0.4, 0.5) is 0 Å². The van der Waals surface area contributed by atoms with E-state index in [0.717, 1.165) is 12.5 Å². The Hall–Kier alpha value is 1.49. The minimum Gasteiger partial charge on any atom is -0.545 e. The van der Waals surface area contributed by atoms with Crippen molar-refractivity contribution in [1.82, 2.24) is 0 Å². The Morgan fingerprint density at radius 1 is 1.00 bits per heavy atom. The van der Waals surface area contributed by atoms with Gasteiger partial charge in [-0.15, -0.1) is 0 Å². The summed E-state index contributed by atoms with van der Waals surface area (Å²) in [7, 11) is 0. The number of carboxylic acid groups (broad SMARTS) is 2. The largest absolute Gasteiger partial charge is 1.00 e. The van der Waals surface area contributed by atoms with Gasteiger partial charge in [-0.25, -0.2) is 0 Å². The fourth-order valence-electron chi connectivity index (χ4n) is 0.613. The number of hydrogen-bond acceptors (Lipinski definition) is 5. The van der Waals surface area contributed by atoms with Gasteiger partial charge in [0.25, 0.3) is 0 Å². The predicted octanol–water partition coefficient (Wildman–Crippen LogP) is -7.99. The summed E-state index contributed by atoms with van der Waals surface area (Å²) in [6.07, 6.45) is 1.56. The molecule has 0 saturated carbocycles. The van der Waals surface area contributed by atoms with E-state index < -0.39 is 23.1 Å². The van der Waals surface area contributed by atoms with E-state index in [1.54, 1.807) is 0 Å². The van der Waals surface area contributed by atoms with Crippen molar-refractivity contribution in [2.45, 2.75) is 0 Å². The first-order valence-corrected chi connectivity index (χ1v) is 2.62. The van der Waals surface area contributed by atoms with Crippen LogP contribution >= 0.6 is 0 Å². The minimum absolute atomic E-state index is 0. The Labute approximate surface area is 159 Å². The molecular weight excluding hydrogens is 230 g/mol. The molecule has 0 aliphatic carbocycles. The zero-order valence-electron chi connectivity index (χ0n) is 7.20. The first-order chi connectivity index (χ1) is 5.13. The second-order valence-electron chi connectivity index (χ2n) is 1.77. The van der Waals surface area contributed by atoms with Crippen LogP contribution in [0, 0.1) is 0 Å². The van der Waals surface area contributed by atoms with E-state index in [2.05, 4.69) is 4.42 Å². The molecule has 0 saturated heterocycles. The van der Waals surface area contributed by atoms with E-state index in [1.165, 1.54) is 0 Å². The van der Waals surface area contributed by atoms with E-state index in [9.17, 15) is 19.8 Å². The average Bonchev–Trinajstić information content (AvgIpc) is 2.32. The summed E-state index contributed by atoms with van der Waals surface area (Å²) in [5, 5.41) is 20.3. The Bertz CT molecular complexity index is 277. The van der Waals surface area contributed by atoms with Crippen molar-refractivity contribution >= 4 is 11.9 Å². The average molecular weight is 232 g/mol. The third-order valence-electron chi connectivity index (χ3n) is 1.10. The molecule has 0 aliphatic heterocycles. The van der Waals surface area contributed by atoms with Crippen molar-refractivity contribution in [3.63, 3.8) is 0 Å². The van der Waals surface area contributed by atoms with Gasteiger partial charge in [0.15, 0.2) is 0 Å². The van der Waals surface area contributed by atoms with E-state index in [4.69, 9.17) is 0 Å². The van der Waals surface area contributed by atoms with E-state index in [1.807, 2.05) is 0 Å². The molecular formula is C6H2K2O5. The van der Waals surface area contributed by atoms with Gasteiger partial charge in [0.2, 0.25) is 0 Å². The zero-order chi connectivity index (χ0) is 8.43. The first-order valence-electron chi connectivity index (χ1n) is 2.62. The monoisotopic (exact) mass is 232 g/mol. The Morgan fingerprint density at radius 2 is 1.31 bits per heavy atom. The number of hydrogen-bond donors (Lipinski definition) is 0. The molecule has 1 aromatic rings. The number of aromatic carboxylic acids is 2. The van der Waals surface area contributed by atoms with Crippen LogP contribution in [-0.4, -0.2) is 11.9 Å². The van der Waals surface area contributed by atoms with Gasteiger partial charge in [0.1, 0.15) is 0 Å². The Morgan fingerprint density at radius 3 is 1.54 bits per heavy atom. The second-order valence-corrected chi connectivity index (χ2v) is 1.77. The van der Waals surface area contributed by atoms with Gasteiger partial charge < -0.3 is 24.2 Å². The third-order valence-corrected chi connectivity index (χ3v) is 1.10. The molecule has 7 heteroatoms. The predicted molar refractivity (Wildman–Crippen MR) is 27.4 cm³/mol. The summed E-state index contributed by atoms with van der Waals surface area (Å²) in [5.74, 6) is -3.20. The van der Waals surface area contributed by atoms with Crippen LogP contribution in [-0.2, 0) is 0 Å². The van der Waals surface area contributed by atoms with Crippen molar-refractivity contribution in [3.05, 3.63) is 23.7 Å². The fourth-order valence-corrected chi connectivity index (χ4v) is 0.613. The molecule has 0 radical (unpaired) electrons. The standard InChI is InChI=1S/C6H4O5.2K/c7-5(8)3-1-11-2-4(3)6(9)10;;/h1-2H,(H,7,8)(H,9,10);;/q;2*+1/p-2. The van der Waals surface area contributed by atoms with E-state index >= 15 is 0 Å². The zero-order valence-corrected chi connectivity index (χ0v) is 13.4. The maximum absolute atomic E-state index is 10.1. The molecule has 1 rings (SSSR count). The van der Waals surface area contributed by atoms with Crippen LogP contribution in [0.25, 0.3) is 0 Å². The molecule has 5 nitrogen and oxygen atoms in total. The minimum atomic E-state index is -1.60. The van der Waals surface area contributed by atoms with Gasteiger partial charge in [-0.2, -0.15) is 0 Å². The molecule has 0 amide bonds. The molecule has 0 aromatic carbocycles. The fraction of sp³-hybridized carbons (Fsp3) is 0. The molecule has 58 valence electrons. The van der Waals surface area contributed by atoms with Gasteiger partial charge in [-0.1, -0.05) is 0 Å². The van der Waals surface area contributed by atoms with Crippen LogP contribution in [0.1, 0.15) is 20.7 Å². The molecule has 0 bridgehead atoms. The maximum Gasteiger partial charge on any atom is 1.00 e. The molecule has 0 aliphatic rings. The van der Waals surface area contributed by atoms with Gasteiger partial charge >= 0.3 is 103 Å². The quantitative estimate of drug-likeness (QED) is 0.472. The number of furan rings is 1. The van der Waals surface area contributed by atoms with Crippen molar-refractivity contribution in [2.75, 3.05) is 0 Å². The normalized spacial score (nSPS) is 8.00. The summed E-state index contributed by atoms with van der Waals surface area (Å²) in [6.45, 7) is 0. The summed E-state index contributed by atoms with van der Waals surface area (Å²) in [6, 6.07) is 0. The van der Waals surface area contributed by atoms with Gasteiger partial charge in [0, 0.05) is 11.1 Å². The molecule has 0 spiro atoms. The van der Waals surface area contributed by atoms with Crippen molar-refractivity contribution in [3.8, 4) is 0 Å². The molecule has 1 aromatic heterocycles. The number of carbonyl (C=O) groups is 2. The topological polar surface area (TPSA) is 93.4 Å². The summed E-state index contributed by atoms with van der Waals surface area (Å²) in [4.78, 5) is 20.3. The van der Waals surface area contributed by atoms with Crippen LogP contribution < -0.4 is 113 Å². The van der Waals surface area contributed by atoms with E-state index in [-0.39, 0.29) is 103 Å². The number of carboxylic acids is 2. The Balaban J connectivity index is 0. The number of carbonyl (C=O) groups excluding carboxylic acids is 2. The van der Waals surface area contributed by atoms with Crippen molar-refractivity contribution in [2.24, 2.45) is 0 Å². The smallest absolute Gasteiger partial charge is 0.545 e. The van der Waals surface area contributed by atoms with Crippen LogP contribution in [0.15, 0.2) is 16.9 Å². The Kier molecular flexibility index (Phi) is 10.1. The van der Waals surface area contributed by atoms with E-state index in [0.29, 0.717) is 0 Å². The first kappa shape index (κ1) is 16.9. The molecule has 0 atom stereocenters. The molecule has 1 heterocycles. The van der Waals surface area contributed by atoms with Crippen LogP contribution in [0.5, 0.6) is 0 Å². The van der Waals surface area contributed by atoms with Crippen molar-refractivity contribution in [1.29, 1.82) is 0 Å². The molecule has 0 unspecified atom stereocenters. The summed E-state index contributed by atoms with van der Waals surface area (Å²) < 4.78 is 4.33. The summed E-state index contributed by atoms with van der Waals surface area (Å²) >= 11 is 0. The SMILES string of the molecule is O=C([O-])c1cocc1C(=O)[O-].[K+].[K+]. The van der Waals surface area contributed by atoms with Gasteiger partial charge in [-0.05, 0) is 0 Å². The van der Waals surface area contributed by atoms with Gasteiger partial charge in [0.05, 0.1) is 24.5 Å².